The minimum absolute atomic E-state index is 0.247. The number of nitrogens with zero attached hydrogens (tertiary/aromatic N) is 2. The minimum Gasteiger partial charge on any atom is -0.361 e. The number of sulfone groups is 1. The molecule has 0 saturated heterocycles. The van der Waals surface area contributed by atoms with Crippen molar-refractivity contribution in [3.05, 3.63) is 34.4 Å². The molecule has 0 aromatic heterocycles. The summed E-state index contributed by atoms with van der Waals surface area (Å²) in [5.74, 6) is 0. The van der Waals surface area contributed by atoms with Crippen LogP contribution < -0.4 is 0 Å². The number of benzene rings is 1. The summed E-state index contributed by atoms with van der Waals surface area (Å²) in [5, 5.41) is 0. The lowest BCUT2D eigenvalue weighted by Gasteiger charge is -2.14. The van der Waals surface area contributed by atoms with Crippen molar-refractivity contribution in [3.8, 4) is 0 Å². The Bertz CT molecular complexity index is 585. The minimum atomic E-state index is -3.65. The Morgan fingerprint density at radius 3 is 2.17 bits per heavy atom. The number of hydrogen-bond donors (Lipinski definition) is 0. The summed E-state index contributed by atoms with van der Waals surface area (Å²) in [4.78, 5) is 2.89. The SMILES string of the molecule is CCc1ccc(S(=O)(=O)C=[N+]=[N-])c(CC)c1CC. The molecule has 0 aliphatic rings. The summed E-state index contributed by atoms with van der Waals surface area (Å²) in [7, 11) is -3.65. The Balaban J connectivity index is 3.62. The first kappa shape index (κ1) is 14.6. The maximum Gasteiger partial charge on any atom is 0.374 e. The van der Waals surface area contributed by atoms with Gasteiger partial charge in [-0.1, -0.05) is 26.8 Å². The Morgan fingerprint density at radius 1 is 1.11 bits per heavy atom. The van der Waals surface area contributed by atoms with Crippen LogP contribution >= 0.6 is 0 Å². The van der Waals surface area contributed by atoms with Crippen LogP contribution in [-0.4, -0.2) is 18.8 Å². The fourth-order valence-corrected chi connectivity index (χ4v) is 3.37. The van der Waals surface area contributed by atoms with Crippen molar-refractivity contribution in [1.29, 1.82) is 0 Å². The van der Waals surface area contributed by atoms with Crippen LogP contribution in [-0.2, 0) is 29.1 Å². The Labute approximate surface area is 108 Å². The number of rotatable bonds is 5. The third kappa shape index (κ3) is 2.68. The molecule has 0 aliphatic heterocycles. The largest absolute Gasteiger partial charge is 0.374 e. The van der Waals surface area contributed by atoms with Gasteiger partial charge in [0.15, 0.2) is 0 Å². The van der Waals surface area contributed by atoms with E-state index in [0.29, 0.717) is 12.0 Å². The van der Waals surface area contributed by atoms with Gasteiger partial charge >= 0.3 is 5.55 Å². The second kappa shape index (κ2) is 5.94. The van der Waals surface area contributed by atoms with Crippen LogP contribution in [0.4, 0.5) is 0 Å². The third-order valence-corrected chi connectivity index (χ3v) is 4.43. The highest BCUT2D eigenvalue weighted by molar-refractivity contribution is 8.04. The van der Waals surface area contributed by atoms with E-state index in [0.717, 1.165) is 24.0 Å². The molecule has 4 nitrogen and oxygen atoms in total. The molecule has 0 fully saturated rings. The molecule has 0 N–H and O–H groups in total. The highest BCUT2D eigenvalue weighted by Gasteiger charge is 2.22. The van der Waals surface area contributed by atoms with Crippen LogP contribution in [0.15, 0.2) is 17.0 Å². The molecule has 1 rings (SSSR count). The van der Waals surface area contributed by atoms with Gasteiger partial charge in [0, 0.05) is 0 Å². The van der Waals surface area contributed by atoms with Crippen molar-refractivity contribution in [1.82, 2.24) is 0 Å². The zero-order valence-electron chi connectivity index (χ0n) is 11.0. The van der Waals surface area contributed by atoms with Gasteiger partial charge in [-0.05, 0) is 42.0 Å². The van der Waals surface area contributed by atoms with Crippen molar-refractivity contribution < 1.29 is 13.2 Å². The Kier molecular flexibility index (Phi) is 4.82. The van der Waals surface area contributed by atoms with Gasteiger partial charge in [-0.15, -0.1) is 0 Å². The third-order valence-electron chi connectivity index (χ3n) is 3.07. The molecule has 0 amide bonds. The quantitative estimate of drug-likeness (QED) is 0.355. The predicted molar refractivity (Wildman–Crippen MR) is 71.4 cm³/mol. The Hall–Kier alpha value is -1.45. The maximum absolute atomic E-state index is 12.0. The summed E-state index contributed by atoms with van der Waals surface area (Å²) in [6.07, 6.45) is 2.32. The van der Waals surface area contributed by atoms with Gasteiger partial charge in [-0.2, -0.15) is 4.79 Å². The van der Waals surface area contributed by atoms with Gasteiger partial charge in [0.05, 0.1) is 4.90 Å². The van der Waals surface area contributed by atoms with Crippen molar-refractivity contribution in [2.24, 2.45) is 0 Å². The molecular formula is C13H18N2O2S. The molecule has 18 heavy (non-hydrogen) atoms. The summed E-state index contributed by atoms with van der Waals surface area (Å²) in [6, 6.07) is 3.45. The summed E-state index contributed by atoms with van der Waals surface area (Å²) in [5.41, 5.74) is 12.1. The molecule has 5 heteroatoms. The van der Waals surface area contributed by atoms with Crippen molar-refractivity contribution in [3.63, 3.8) is 0 Å². The van der Waals surface area contributed by atoms with E-state index in [1.807, 2.05) is 19.9 Å². The van der Waals surface area contributed by atoms with Crippen LogP contribution in [0.3, 0.4) is 0 Å². The van der Waals surface area contributed by atoms with Gasteiger partial charge in [0.1, 0.15) is 0 Å². The standard InChI is InChI=1S/C13H18N2O2S/c1-4-10-7-8-13(18(16,17)9-15-14)12(6-3)11(10)5-2/h7-9H,4-6H2,1-3H3. The van der Waals surface area contributed by atoms with Crippen LogP contribution in [0.1, 0.15) is 37.5 Å². The zero-order chi connectivity index (χ0) is 13.8. The second-order valence-corrected chi connectivity index (χ2v) is 5.75. The second-order valence-electron chi connectivity index (χ2n) is 4.01. The summed E-state index contributed by atoms with van der Waals surface area (Å²) in [6.45, 7) is 6.00. The predicted octanol–water partition coefficient (Wildman–Crippen LogP) is 2.41. The van der Waals surface area contributed by atoms with Crippen molar-refractivity contribution >= 4 is 15.4 Å². The molecule has 0 heterocycles. The first-order chi connectivity index (χ1) is 8.51. The molecule has 0 radical (unpaired) electrons. The Morgan fingerprint density at radius 2 is 1.72 bits per heavy atom. The monoisotopic (exact) mass is 266 g/mol. The molecule has 0 aliphatic carbocycles. The summed E-state index contributed by atoms with van der Waals surface area (Å²) < 4.78 is 23.9. The fraction of sp³-hybridized carbons (Fsp3) is 0.462. The van der Waals surface area contributed by atoms with Crippen molar-refractivity contribution in [2.75, 3.05) is 0 Å². The van der Waals surface area contributed by atoms with Gasteiger partial charge in [-0.3, -0.25) is 0 Å². The molecule has 0 spiro atoms. The lowest BCUT2D eigenvalue weighted by molar-refractivity contribution is 0.00753. The van der Waals surface area contributed by atoms with Gasteiger partial charge in [0.2, 0.25) is 0 Å². The highest BCUT2D eigenvalue weighted by atomic mass is 32.2. The van der Waals surface area contributed by atoms with Gasteiger partial charge < -0.3 is 5.53 Å². The number of hydrogen-bond acceptors (Lipinski definition) is 2. The van der Waals surface area contributed by atoms with Crippen LogP contribution in [0.2, 0.25) is 0 Å². The van der Waals surface area contributed by atoms with E-state index in [-0.39, 0.29) is 4.90 Å². The zero-order valence-corrected chi connectivity index (χ0v) is 11.8. The average Bonchev–Trinajstić information content (AvgIpc) is 2.36. The van der Waals surface area contributed by atoms with E-state index in [1.165, 1.54) is 5.56 Å². The molecule has 98 valence electrons. The van der Waals surface area contributed by atoms with Crippen LogP contribution in [0.5, 0.6) is 0 Å². The number of aryl methyl sites for hydroxylation is 1. The van der Waals surface area contributed by atoms with Crippen LogP contribution in [0.25, 0.3) is 5.53 Å². The molecule has 1 aromatic carbocycles. The van der Waals surface area contributed by atoms with Crippen molar-refractivity contribution in [2.45, 2.75) is 44.9 Å². The topological polar surface area (TPSA) is 70.5 Å². The van der Waals surface area contributed by atoms with E-state index >= 15 is 0 Å². The van der Waals surface area contributed by atoms with E-state index in [1.54, 1.807) is 6.07 Å². The molecule has 0 unspecified atom stereocenters. The van der Waals surface area contributed by atoms with E-state index in [4.69, 9.17) is 5.53 Å². The first-order valence-corrected chi connectivity index (χ1v) is 7.62. The lowest BCUT2D eigenvalue weighted by atomic mass is 9.96. The van der Waals surface area contributed by atoms with E-state index in [9.17, 15) is 8.42 Å². The highest BCUT2D eigenvalue weighted by Crippen LogP contribution is 2.25. The van der Waals surface area contributed by atoms with Crippen LogP contribution in [0, 0.1) is 0 Å². The van der Waals surface area contributed by atoms with Gasteiger partial charge in [-0.25, -0.2) is 8.42 Å². The maximum atomic E-state index is 12.0. The van der Waals surface area contributed by atoms with Gasteiger partial charge in [0.25, 0.3) is 9.84 Å². The normalized spacial score (nSPS) is 11.1. The molecule has 0 atom stereocenters. The fourth-order valence-electron chi connectivity index (χ4n) is 2.26. The molecule has 0 bridgehead atoms. The average molecular weight is 266 g/mol. The smallest absolute Gasteiger partial charge is 0.361 e. The summed E-state index contributed by atoms with van der Waals surface area (Å²) >= 11 is 0. The molecule has 0 saturated carbocycles. The van der Waals surface area contributed by atoms with E-state index < -0.39 is 9.84 Å². The molecular weight excluding hydrogens is 248 g/mol. The van der Waals surface area contributed by atoms with E-state index in [2.05, 4.69) is 11.7 Å². The lowest BCUT2D eigenvalue weighted by Crippen LogP contribution is -2.10. The molecule has 1 aromatic rings. The first-order valence-electron chi connectivity index (χ1n) is 6.07.